The molecule has 0 bridgehead atoms. The Morgan fingerprint density at radius 3 is 3.00 bits per heavy atom. The molecule has 3 aromatic heterocycles. The lowest BCUT2D eigenvalue weighted by Gasteiger charge is -2.05. The quantitative estimate of drug-likeness (QED) is 0.521. The zero-order chi connectivity index (χ0) is 15.9. The van der Waals surface area contributed by atoms with Crippen molar-refractivity contribution in [2.24, 2.45) is 0 Å². The Kier molecular flexibility index (Phi) is 5.15. The van der Waals surface area contributed by atoms with Gasteiger partial charge in [0.05, 0.1) is 5.75 Å². The monoisotopic (exact) mass is 328 g/mol. The highest BCUT2D eigenvalue weighted by atomic mass is 32.2. The number of aromatic nitrogens is 5. The summed E-state index contributed by atoms with van der Waals surface area (Å²) in [6, 6.07) is 3.79. The molecule has 0 atom stereocenters. The Hall–Kier alpha value is -2.48. The van der Waals surface area contributed by atoms with Crippen LogP contribution in [0.25, 0.3) is 5.78 Å². The average Bonchev–Trinajstić information content (AvgIpc) is 3.05. The van der Waals surface area contributed by atoms with Gasteiger partial charge in [-0.25, -0.2) is 9.50 Å². The predicted molar refractivity (Wildman–Crippen MR) is 87.1 cm³/mol. The van der Waals surface area contributed by atoms with Gasteiger partial charge in [0, 0.05) is 36.2 Å². The van der Waals surface area contributed by atoms with Crippen LogP contribution in [0.5, 0.6) is 0 Å². The first-order valence-electron chi connectivity index (χ1n) is 7.25. The van der Waals surface area contributed by atoms with Gasteiger partial charge in [-0.15, -0.1) is 11.8 Å². The molecule has 0 aromatic carbocycles. The van der Waals surface area contributed by atoms with Crippen molar-refractivity contribution in [1.29, 1.82) is 0 Å². The molecule has 8 heteroatoms. The minimum absolute atomic E-state index is 0.0386. The Balaban J connectivity index is 1.36. The van der Waals surface area contributed by atoms with Crippen LogP contribution in [0, 0.1) is 0 Å². The summed E-state index contributed by atoms with van der Waals surface area (Å²) in [5.41, 5.74) is 1.07. The summed E-state index contributed by atoms with van der Waals surface area (Å²) in [6.45, 7) is 0.644. The van der Waals surface area contributed by atoms with Crippen molar-refractivity contribution in [3.8, 4) is 0 Å². The predicted octanol–water partition coefficient (Wildman–Crippen LogP) is 1.36. The lowest BCUT2D eigenvalue weighted by molar-refractivity contribution is -0.118. The zero-order valence-electron chi connectivity index (χ0n) is 12.4. The fraction of sp³-hybridized carbons (Fsp3) is 0.267. The Bertz CT molecular complexity index is 776. The summed E-state index contributed by atoms with van der Waals surface area (Å²) in [7, 11) is 0. The molecule has 0 spiro atoms. The number of amides is 1. The molecule has 7 nitrogen and oxygen atoms in total. The number of hydrogen-bond donors (Lipinski definition) is 1. The van der Waals surface area contributed by atoms with Gasteiger partial charge in [0.1, 0.15) is 6.33 Å². The minimum Gasteiger partial charge on any atom is -0.355 e. The maximum absolute atomic E-state index is 11.8. The Morgan fingerprint density at radius 1 is 1.26 bits per heavy atom. The third-order valence-electron chi connectivity index (χ3n) is 3.17. The molecular formula is C15H16N6OS. The number of aryl methyl sites for hydroxylation is 1. The van der Waals surface area contributed by atoms with Gasteiger partial charge in [-0.2, -0.15) is 10.1 Å². The van der Waals surface area contributed by atoms with Crippen LogP contribution in [-0.2, 0) is 11.2 Å². The first-order chi connectivity index (χ1) is 11.3. The largest absolute Gasteiger partial charge is 0.355 e. The highest BCUT2D eigenvalue weighted by Gasteiger charge is 2.03. The van der Waals surface area contributed by atoms with Crippen LogP contribution in [0.3, 0.4) is 0 Å². The molecule has 0 saturated heterocycles. The lowest BCUT2D eigenvalue weighted by atomic mass is 10.2. The van der Waals surface area contributed by atoms with Gasteiger partial charge >= 0.3 is 0 Å². The number of rotatable bonds is 7. The molecule has 0 saturated carbocycles. The minimum atomic E-state index is 0.0386. The lowest BCUT2D eigenvalue weighted by Crippen LogP contribution is -2.26. The van der Waals surface area contributed by atoms with Crippen LogP contribution in [0.4, 0.5) is 0 Å². The first kappa shape index (κ1) is 15.4. The molecule has 3 aromatic rings. The molecule has 3 heterocycles. The van der Waals surface area contributed by atoms with E-state index in [1.165, 1.54) is 18.1 Å². The van der Waals surface area contributed by atoms with Crippen LogP contribution >= 0.6 is 11.8 Å². The summed E-state index contributed by atoms with van der Waals surface area (Å²) >= 11 is 1.50. The number of thioether (sulfide) groups is 1. The van der Waals surface area contributed by atoms with Gasteiger partial charge in [0.25, 0.3) is 5.78 Å². The summed E-state index contributed by atoms with van der Waals surface area (Å²) in [4.78, 5) is 25.0. The van der Waals surface area contributed by atoms with Gasteiger partial charge in [-0.05, 0) is 30.5 Å². The van der Waals surface area contributed by atoms with E-state index < -0.39 is 0 Å². The van der Waals surface area contributed by atoms with Crippen LogP contribution in [-0.4, -0.2) is 42.8 Å². The number of fused-ring (bicyclic) bond motifs is 1. The summed E-state index contributed by atoms with van der Waals surface area (Å²) in [6.07, 6.45) is 10.3. The molecule has 0 aliphatic heterocycles. The topological polar surface area (TPSA) is 85.1 Å². The number of nitrogens with one attached hydrogen (secondary N) is 1. The maximum Gasteiger partial charge on any atom is 0.252 e. The number of pyridine rings is 1. The van der Waals surface area contributed by atoms with Gasteiger partial charge in [-0.3, -0.25) is 9.78 Å². The third kappa shape index (κ3) is 4.49. The van der Waals surface area contributed by atoms with Crippen molar-refractivity contribution in [2.45, 2.75) is 17.7 Å². The third-order valence-corrected chi connectivity index (χ3v) is 4.18. The molecule has 23 heavy (non-hydrogen) atoms. The summed E-state index contributed by atoms with van der Waals surface area (Å²) in [5.74, 6) is 1.04. The number of carbonyl (C=O) groups is 1. The molecule has 0 fully saturated rings. The standard InChI is InChI=1S/C15H16N6OS/c22-14(10-23-13-3-6-16-7-4-13)17-5-1-2-12-8-18-15-19-11-20-21(15)9-12/h3-4,6-9,11H,1-2,5,10H2,(H,17,22). The Morgan fingerprint density at radius 2 is 2.13 bits per heavy atom. The van der Waals surface area contributed by atoms with Gasteiger partial charge in [0.15, 0.2) is 0 Å². The molecule has 1 N–H and O–H groups in total. The van der Waals surface area contributed by atoms with E-state index in [9.17, 15) is 4.79 Å². The van der Waals surface area contributed by atoms with Crippen LogP contribution < -0.4 is 5.32 Å². The zero-order valence-corrected chi connectivity index (χ0v) is 13.2. The second kappa shape index (κ2) is 7.68. The molecular weight excluding hydrogens is 312 g/mol. The SMILES string of the molecule is O=C(CSc1ccncc1)NCCCc1cnc2ncnn2c1. The van der Waals surface area contributed by atoms with E-state index in [4.69, 9.17) is 0 Å². The van der Waals surface area contributed by atoms with E-state index in [1.54, 1.807) is 23.1 Å². The van der Waals surface area contributed by atoms with E-state index in [0.717, 1.165) is 23.3 Å². The highest BCUT2D eigenvalue weighted by Crippen LogP contribution is 2.15. The number of carbonyl (C=O) groups excluding carboxylic acids is 1. The highest BCUT2D eigenvalue weighted by molar-refractivity contribution is 8.00. The molecule has 0 aliphatic carbocycles. The molecule has 0 aliphatic rings. The maximum atomic E-state index is 11.8. The normalized spacial score (nSPS) is 10.8. The molecule has 1 amide bonds. The van der Waals surface area contributed by atoms with Crippen molar-refractivity contribution < 1.29 is 4.79 Å². The Labute approximate surface area is 137 Å². The smallest absolute Gasteiger partial charge is 0.252 e. The van der Waals surface area contributed by atoms with E-state index in [-0.39, 0.29) is 5.91 Å². The van der Waals surface area contributed by atoms with Gasteiger partial charge < -0.3 is 5.32 Å². The second-order valence-corrected chi connectivity index (χ2v) is 5.94. The van der Waals surface area contributed by atoms with Crippen molar-refractivity contribution in [2.75, 3.05) is 12.3 Å². The molecule has 118 valence electrons. The van der Waals surface area contributed by atoms with Crippen molar-refractivity contribution in [3.05, 3.63) is 48.8 Å². The van der Waals surface area contributed by atoms with Crippen LogP contribution in [0.1, 0.15) is 12.0 Å². The molecule has 0 unspecified atom stereocenters. The molecule has 0 radical (unpaired) electrons. The first-order valence-corrected chi connectivity index (χ1v) is 8.23. The van der Waals surface area contributed by atoms with Gasteiger partial charge in [-0.1, -0.05) is 0 Å². The van der Waals surface area contributed by atoms with E-state index in [1.807, 2.05) is 18.3 Å². The molecule has 3 rings (SSSR count). The van der Waals surface area contributed by atoms with E-state index >= 15 is 0 Å². The number of hydrogen-bond acceptors (Lipinski definition) is 6. The fourth-order valence-corrected chi connectivity index (χ4v) is 2.76. The van der Waals surface area contributed by atoms with Gasteiger partial charge in [0.2, 0.25) is 5.91 Å². The van der Waals surface area contributed by atoms with Crippen LogP contribution in [0.2, 0.25) is 0 Å². The second-order valence-electron chi connectivity index (χ2n) is 4.89. The van der Waals surface area contributed by atoms with E-state index in [2.05, 4.69) is 25.4 Å². The van der Waals surface area contributed by atoms with E-state index in [0.29, 0.717) is 18.1 Å². The summed E-state index contributed by atoms with van der Waals surface area (Å²) < 4.78 is 1.65. The van der Waals surface area contributed by atoms with Crippen molar-refractivity contribution in [1.82, 2.24) is 29.9 Å². The van der Waals surface area contributed by atoms with Crippen molar-refractivity contribution >= 4 is 23.4 Å². The number of nitrogens with zero attached hydrogens (tertiary/aromatic N) is 5. The summed E-state index contributed by atoms with van der Waals surface area (Å²) in [5, 5.41) is 6.98. The average molecular weight is 328 g/mol. The van der Waals surface area contributed by atoms with Crippen LogP contribution in [0.15, 0.2) is 48.1 Å². The van der Waals surface area contributed by atoms with Crippen molar-refractivity contribution in [3.63, 3.8) is 0 Å². The fourth-order valence-electron chi connectivity index (χ4n) is 2.04.